The van der Waals surface area contributed by atoms with Crippen molar-refractivity contribution < 1.29 is 0 Å². The number of nitrogens with zero attached hydrogens (tertiary/aromatic N) is 2. The van der Waals surface area contributed by atoms with Crippen molar-refractivity contribution in [2.75, 3.05) is 6.54 Å². The molecule has 1 aromatic rings. The Morgan fingerprint density at radius 3 is 2.53 bits per heavy atom. The molecule has 0 saturated carbocycles. The van der Waals surface area contributed by atoms with Crippen LogP contribution in [-0.2, 0) is 12.8 Å². The van der Waals surface area contributed by atoms with E-state index in [1.165, 1.54) is 16.4 Å². The first kappa shape index (κ1) is 14.6. The van der Waals surface area contributed by atoms with Crippen LogP contribution in [-0.4, -0.2) is 22.8 Å². The third-order valence-electron chi connectivity index (χ3n) is 2.85. The maximum absolute atomic E-state index is 4.27. The predicted octanol–water partition coefficient (Wildman–Crippen LogP) is 3.06. The van der Waals surface area contributed by atoms with Gasteiger partial charge in [0, 0.05) is 18.9 Å². The van der Waals surface area contributed by atoms with Gasteiger partial charge in [0.1, 0.15) is 10.0 Å². The van der Waals surface area contributed by atoms with E-state index in [0.29, 0.717) is 6.04 Å². The van der Waals surface area contributed by atoms with Crippen molar-refractivity contribution >= 4 is 11.3 Å². The van der Waals surface area contributed by atoms with Crippen molar-refractivity contribution in [1.29, 1.82) is 0 Å². The predicted molar refractivity (Wildman–Crippen MR) is 74.5 cm³/mol. The van der Waals surface area contributed by atoms with Gasteiger partial charge in [-0.2, -0.15) is 0 Å². The fourth-order valence-electron chi connectivity index (χ4n) is 1.54. The number of hydrogen-bond acceptors (Lipinski definition) is 4. The molecule has 3 nitrogen and oxygen atoms in total. The molecule has 0 radical (unpaired) electrons. The molecule has 1 atom stereocenters. The fraction of sp³-hybridized carbons (Fsp3) is 0.846. The van der Waals surface area contributed by atoms with Gasteiger partial charge in [-0.25, -0.2) is 0 Å². The van der Waals surface area contributed by atoms with Crippen LogP contribution in [0.3, 0.4) is 0 Å². The summed E-state index contributed by atoms with van der Waals surface area (Å²) in [5.74, 6) is 0.721. The molecule has 4 heteroatoms. The standard InChI is InChI=1S/C13H25N3S/c1-5-11(4)9-13-16-15-12(17-13)7-6-8-14-10(2)3/h10-11,14H,5-9H2,1-4H3. The van der Waals surface area contributed by atoms with Crippen molar-refractivity contribution in [3.8, 4) is 0 Å². The Labute approximate surface area is 109 Å². The number of rotatable bonds is 8. The highest BCUT2D eigenvalue weighted by molar-refractivity contribution is 7.11. The number of nitrogens with one attached hydrogen (secondary N) is 1. The zero-order valence-corrected chi connectivity index (χ0v) is 12.3. The molecule has 0 aliphatic rings. The molecule has 0 saturated heterocycles. The molecule has 1 N–H and O–H groups in total. The monoisotopic (exact) mass is 255 g/mol. The second-order valence-corrected chi connectivity index (χ2v) is 6.17. The van der Waals surface area contributed by atoms with Gasteiger partial charge in [-0.1, -0.05) is 34.1 Å². The van der Waals surface area contributed by atoms with Gasteiger partial charge < -0.3 is 5.32 Å². The van der Waals surface area contributed by atoms with E-state index in [4.69, 9.17) is 0 Å². The summed E-state index contributed by atoms with van der Waals surface area (Å²) in [7, 11) is 0. The van der Waals surface area contributed by atoms with Gasteiger partial charge in [0.15, 0.2) is 0 Å². The summed E-state index contributed by atoms with van der Waals surface area (Å²) in [6, 6.07) is 0.574. The fourth-order valence-corrected chi connectivity index (χ4v) is 2.59. The Hall–Kier alpha value is -0.480. The van der Waals surface area contributed by atoms with Gasteiger partial charge in [0.2, 0.25) is 0 Å². The van der Waals surface area contributed by atoms with Crippen LogP contribution in [0.25, 0.3) is 0 Å². The van der Waals surface area contributed by atoms with Crippen LogP contribution < -0.4 is 5.32 Å². The van der Waals surface area contributed by atoms with E-state index < -0.39 is 0 Å². The van der Waals surface area contributed by atoms with Crippen molar-refractivity contribution in [1.82, 2.24) is 15.5 Å². The summed E-state index contributed by atoms with van der Waals surface area (Å²) in [5, 5.41) is 14.3. The Bertz CT molecular complexity index is 309. The third-order valence-corrected chi connectivity index (χ3v) is 3.85. The lowest BCUT2D eigenvalue weighted by Crippen LogP contribution is -2.23. The number of hydrogen-bond donors (Lipinski definition) is 1. The Morgan fingerprint density at radius 2 is 1.88 bits per heavy atom. The molecule has 0 aliphatic heterocycles. The first-order valence-electron chi connectivity index (χ1n) is 6.66. The molecule has 0 aromatic carbocycles. The van der Waals surface area contributed by atoms with Gasteiger partial charge in [-0.3, -0.25) is 0 Å². The van der Waals surface area contributed by atoms with E-state index in [1.807, 2.05) is 0 Å². The van der Waals surface area contributed by atoms with Gasteiger partial charge in [-0.15, -0.1) is 21.5 Å². The van der Waals surface area contributed by atoms with E-state index in [0.717, 1.165) is 31.7 Å². The minimum Gasteiger partial charge on any atom is -0.315 e. The number of aryl methyl sites for hydroxylation is 1. The second-order valence-electron chi connectivity index (χ2n) is 5.02. The molecular formula is C13H25N3S. The largest absolute Gasteiger partial charge is 0.315 e. The molecule has 1 heterocycles. The quantitative estimate of drug-likeness (QED) is 0.726. The Kier molecular flexibility index (Phi) is 6.66. The molecule has 0 fully saturated rings. The van der Waals surface area contributed by atoms with Gasteiger partial charge in [-0.05, 0) is 18.9 Å². The zero-order chi connectivity index (χ0) is 12.7. The molecule has 1 aromatic heterocycles. The molecule has 98 valence electrons. The SMILES string of the molecule is CCC(C)Cc1nnc(CCCNC(C)C)s1. The van der Waals surface area contributed by atoms with Crippen LogP contribution in [0.4, 0.5) is 0 Å². The Morgan fingerprint density at radius 1 is 1.18 bits per heavy atom. The highest BCUT2D eigenvalue weighted by atomic mass is 32.1. The Balaban J connectivity index is 2.26. The molecule has 17 heavy (non-hydrogen) atoms. The second kappa shape index (κ2) is 7.77. The zero-order valence-electron chi connectivity index (χ0n) is 11.5. The van der Waals surface area contributed by atoms with Crippen molar-refractivity contribution in [3.05, 3.63) is 10.0 Å². The van der Waals surface area contributed by atoms with Crippen LogP contribution >= 0.6 is 11.3 Å². The van der Waals surface area contributed by atoms with Crippen molar-refractivity contribution in [2.24, 2.45) is 5.92 Å². The topological polar surface area (TPSA) is 37.8 Å². The molecule has 1 unspecified atom stereocenters. The maximum atomic E-state index is 4.27. The number of aromatic nitrogens is 2. The molecule has 0 spiro atoms. The van der Waals surface area contributed by atoms with E-state index in [9.17, 15) is 0 Å². The van der Waals surface area contributed by atoms with Crippen LogP contribution in [0.5, 0.6) is 0 Å². The van der Waals surface area contributed by atoms with E-state index >= 15 is 0 Å². The van der Waals surface area contributed by atoms with Crippen LogP contribution in [0.1, 0.15) is 50.6 Å². The van der Waals surface area contributed by atoms with Gasteiger partial charge in [0.05, 0.1) is 0 Å². The highest BCUT2D eigenvalue weighted by Crippen LogP contribution is 2.16. The van der Waals surface area contributed by atoms with E-state index in [1.54, 1.807) is 11.3 Å². The van der Waals surface area contributed by atoms with E-state index in [2.05, 4.69) is 43.2 Å². The van der Waals surface area contributed by atoms with Crippen LogP contribution in [0, 0.1) is 5.92 Å². The first-order valence-corrected chi connectivity index (χ1v) is 7.48. The average Bonchev–Trinajstić information content (AvgIpc) is 2.72. The van der Waals surface area contributed by atoms with Crippen molar-refractivity contribution in [2.45, 2.75) is 59.4 Å². The summed E-state index contributed by atoms with van der Waals surface area (Å²) in [6.45, 7) is 9.92. The molecule has 0 amide bonds. The third kappa shape index (κ3) is 6.13. The summed E-state index contributed by atoms with van der Waals surface area (Å²) in [6.07, 6.45) is 4.50. The normalized spacial score (nSPS) is 13.2. The summed E-state index contributed by atoms with van der Waals surface area (Å²) >= 11 is 1.79. The lowest BCUT2D eigenvalue weighted by atomic mass is 10.1. The lowest BCUT2D eigenvalue weighted by Gasteiger charge is -2.06. The average molecular weight is 255 g/mol. The first-order chi connectivity index (χ1) is 8.11. The molecular weight excluding hydrogens is 230 g/mol. The van der Waals surface area contributed by atoms with Crippen LogP contribution in [0.2, 0.25) is 0 Å². The molecule has 0 bridgehead atoms. The molecule has 1 rings (SSSR count). The smallest absolute Gasteiger partial charge is 0.117 e. The minimum absolute atomic E-state index is 0.574. The van der Waals surface area contributed by atoms with Gasteiger partial charge >= 0.3 is 0 Å². The van der Waals surface area contributed by atoms with Gasteiger partial charge in [0.25, 0.3) is 0 Å². The lowest BCUT2D eigenvalue weighted by molar-refractivity contribution is 0.555. The van der Waals surface area contributed by atoms with Crippen molar-refractivity contribution in [3.63, 3.8) is 0 Å². The summed E-state index contributed by atoms with van der Waals surface area (Å²) < 4.78 is 0. The van der Waals surface area contributed by atoms with E-state index in [-0.39, 0.29) is 0 Å². The van der Waals surface area contributed by atoms with Crippen LogP contribution in [0.15, 0.2) is 0 Å². The minimum atomic E-state index is 0.574. The summed E-state index contributed by atoms with van der Waals surface area (Å²) in [5.41, 5.74) is 0. The highest BCUT2D eigenvalue weighted by Gasteiger charge is 2.07. The maximum Gasteiger partial charge on any atom is 0.117 e. The summed E-state index contributed by atoms with van der Waals surface area (Å²) in [4.78, 5) is 0. The molecule has 0 aliphatic carbocycles.